The number of nitrogens with zero attached hydrogens (tertiary/aromatic N) is 4. The van der Waals surface area contributed by atoms with E-state index in [1.807, 2.05) is 106 Å². The van der Waals surface area contributed by atoms with Gasteiger partial charge in [-0.25, -0.2) is 14.4 Å². The maximum atomic E-state index is 14.4. The molecule has 0 aromatic heterocycles. The molecule has 0 spiro atoms. The number of hydrogen-bond donors (Lipinski definition) is 0. The number of hydrogen-bond acceptors (Lipinski definition) is 12. The quantitative estimate of drug-likeness (QED) is 0.0699. The van der Waals surface area contributed by atoms with Crippen molar-refractivity contribution in [2.75, 3.05) is 42.3 Å². The molecule has 2 aromatic carbocycles. The van der Waals surface area contributed by atoms with E-state index in [0.717, 1.165) is 10.5 Å². The summed E-state index contributed by atoms with van der Waals surface area (Å²) in [5, 5.41) is 0. The number of carbonyl (C=O) groups is 7. The molecule has 0 radical (unpaired) electrons. The first-order valence-corrected chi connectivity index (χ1v) is 24.1. The maximum Gasteiger partial charge on any atom is 0.329 e. The van der Waals surface area contributed by atoms with Crippen molar-refractivity contribution in [1.29, 1.82) is 0 Å². The average molecular weight is 953 g/mol. The molecule has 0 N–H and O–H groups in total. The molecular weight excluding hydrogens is 869 g/mol. The van der Waals surface area contributed by atoms with Crippen molar-refractivity contribution in [1.82, 2.24) is 19.6 Å². The summed E-state index contributed by atoms with van der Waals surface area (Å²) in [7, 11) is 9.12. The van der Waals surface area contributed by atoms with Crippen LogP contribution in [-0.2, 0) is 65.4 Å². The monoisotopic (exact) mass is 953 g/mol. The summed E-state index contributed by atoms with van der Waals surface area (Å²) in [4.78, 5) is 103. The third-order valence-corrected chi connectivity index (χ3v) is 11.4. The molecule has 2 aromatic rings. The van der Waals surface area contributed by atoms with E-state index in [2.05, 4.69) is 0 Å². The van der Waals surface area contributed by atoms with Crippen LogP contribution in [0.5, 0.6) is 0 Å². The van der Waals surface area contributed by atoms with Gasteiger partial charge in [0.1, 0.15) is 24.2 Å². The van der Waals surface area contributed by atoms with Gasteiger partial charge in [0.15, 0.2) is 18.3 Å². The minimum atomic E-state index is -1.41. The van der Waals surface area contributed by atoms with Crippen LogP contribution in [0, 0.1) is 23.7 Å². The number of carbonyl (C=O) groups excluding carboxylic acids is 7. The fourth-order valence-corrected chi connectivity index (χ4v) is 7.63. The van der Waals surface area contributed by atoms with Gasteiger partial charge >= 0.3 is 23.9 Å². The van der Waals surface area contributed by atoms with Gasteiger partial charge in [0.05, 0.1) is 7.11 Å². The van der Waals surface area contributed by atoms with Gasteiger partial charge in [0, 0.05) is 34.0 Å². The SMILES string of the molecule is CC.COC(=O)C(CC(C)C)N(C)C(=O)C(Cc1ccccc1)OC(=O)C(CC(C)C)N(C)C(=O)C(C)OC(=O)C(CC(C)C)N(C)C(=O)C(Cc1ccccc1)OC(=O)C(CC(C)C)N(C)C. The molecule has 15 heteroatoms. The Morgan fingerprint density at radius 1 is 0.426 bits per heavy atom. The molecule has 0 aliphatic rings. The van der Waals surface area contributed by atoms with Gasteiger partial charge < -0.3 is 33.6 Å². The van der Waals surface area contributed by atoms with Crippen LogP contribution in [0.15, 0.2) is 60.7 Å². The predicted molar refractivity (Wildman–Crippen MR) is 264 cm³/mol. The zero-order valence-electron chi connectivity index (χ0n) is 44.1. The fourth-order valence-electron chi connectivity index (χ4n) is 7.63. The lowest BCUT2D eigenvalue weighted by molar-refractivity contribution is -0.173. The number of amides is 3. The van der Waals surface area contributed by atoms with Crippen LogP contribution >= 0.6 is 0 Å². The molecule has 7 unspecified atom stereocenters. The van der Waals surface area contributed by atoms with Crippen LogP contribution in [0.25, 0.3) is 0 Å². The smallest absolute Gasteiger partial charge is 0.329 e. The van der Waals surface area contributed by atoms with Gasteiger partial charge in [0.25, 0.3) is 17.7 Å². The van der Waals surface area contributed by atoms with Crippen LogP contribution in [0.2, 0.25) is 0 Å². The first-order chi connectivity index (χ1) is 31.9. The number of ether oxygens (including phenoxy) is 4. The topological polar surface area (TPSA) is 169 Å². The van der Waals surface area contributed by atoms with Gasteiger partial charge in [-0.05, 0) is 81.5 Å². The molecule has 0 aliphatic carbocycles. The van der Waals surface area contributed by atoms with Crippen LogP contribution in [-0.4, -0.2) is 146 Å². The Kier molecular flexibility index (Phi) is 27.0. The second-order valence-corrected chi connectivity index (χ2v) is 19.2. The molecular formula is C53H84N4O11. The Hall–Kier alpha value is -5.31. The van der Waals surface area contributed by atoms with E-state index in [-0.39, 0.29) is 49.4 Å². The van der Waals surface area contributed by atoms with Crippen LogP contribution in [0.3, 0.4) is 0 Å². The number of benzene rings is 2. The first-order valence-electron chi connectivity index (χ1n) is 24.1. The summed E-state index contributed by atoms with van der Waals surface area (Å²) >= 11 is 0. The van der Waals surface area contributed by atoms with E-state index >= 15 is 0 Å². The van der Waals surface area contributed by atoms with E-state index < -0.39 is 84.1 Å². The molecule has 0 fully saturated rings. The number of esters is 4. The van der Waals surface area contributed by atoms with Crippen molar-refractivity contribution in [2.45, 2.75) is 157 Å². The summed E-state index contributed by atoms with van der Waals surface area (Å²) < 4.78 is 22.8. The summed E-state index contributed by atoms with van der Waals surface area (Å²) in [6.07, 6.45) is -2.87. The van der Waals surface area contributed by atoms with Crippen LogP contribution in [0.4, 0.5) is 0 Å². The second kappa shape index (κ2) is 30.2. The molecule has 0 aliphatic heterocycles. The van der Waals surface area contributed by atoms with E-state index in [0.29, 0.717) is 18.4 Å². The number of likely N-dealkylation sites (N-methyl/N-ethyl adjacent to an activating group) is 4. The summed E-state index contributed by atoms with van der Waals surface area (Å²) in [5.41, 5.74) is 1.45. The minimum Gasteiger partial charge on any atom is -0.467 e. The van der Waals surface area contributed by atoms with Crippen LogP contribution in [0.1, 0.15) is 113 Å². The van der Waals surface area contributed by atoms with Crippen molar-refractivity contribution in [3.05, 3.63) is 71.8 Å². The van der Waals surface area contributed by atoms with Crippen molar-refractivity contribution in [3.8, 4) is 0 Å². The van der Waals surface area contributed by atoms with Gasteiger partial charge in [-0.3, -0.25) is 24.1 Å². The molecule has 2 rings (SSSR count). The lowest BCUT2D eigenvalue weighted by Gasteiger charge is -2.34. The Balaban J connectivity index is 0.0000114. The molecule has 0 heterocycles. The molecule has 382 valence electrons. The molecule has 3 amide bonds. The Labute approximate surface area is 407 Å². The highest BCUT2D eigenvalue weighted by Gasteiger charge is 2.41. The zero-order chi connectivity index (χ0) is 52.0. The van der Waals surface area contributed by atoms with Crippen molar-refractivity contribution in [3.63, 3.8) is 0 Å². The summed E-state index contributed by atoms with van der Waals surface area (Å²) in [5.74, 6) is -4.84. The van der Waals surface area contributed by atoms with E-state index in [4.69, 9.17) is 18.9 Å². The summed E-state index contributed by atoms with van der Waals surface area (Å²) in [6.45, 7) is 20.7. The Bertz CT molecular complexity index is 1870. The summed E-state index contributed by atoms with van der Waals surface area (Å²) in [6, 6.07) is 14.2. The average Bonchev–Trinajstić information content (AvgIpc) is 3.29. The lowest BCUT2D eigenvalue weighted by Crippen LogP contribution is -2.53. The maximum absolute atomic E-state index is 14.4. The van der Waals surface area contributed by atoms with E-state index in [1.54, 1.807) is 43.3 Å². The highest BCUT2D eigenvalue weighted by atomic mass is 16.6. The molecule has 7 atom stereocenters. The van der Waals surface area contributed by atoms with Crippen molar-refractivity contribution >= 4 is 41.6 Å². The molecule has 0 saturated heterocycles. The van der Waals surface area contributed by atoms with E-state index in [1.165, 1.54) is 45.0 Å². The van der Waals surface area contributed by atoms with Gasteiger partial charge in [-0.1, -0.05) is 130 Å². The van der Waals surface area contributed by atoms with Crippen LogP contribution < -0.4 is 0 Å². The van der Waals surface area contributed by atoms with Crippen molar-refractivity contribution < 1.29 is 52.5 Å². The second-order valence-electron chi connectivity index (χ2n) is 19.2. The normalized spacial score (nSPS) is 14.4. The molecule has 0 bridgehead atoms. The number of methoxy groups -OCH3 is 1. The lowest BCUT2D eigenvalue weighted by atomic mass is 10.00. The predicted octanol–water partition coefficient (Wildman–Crippen LogP) is 7.02. The van der Waals surface area contributed by atoms with Gasteiger partial charge in [-0.2, -0.15) is 0 Å². The first kappa shape index (κ1) is 60.7. The molecule has 15 nitrogen and oxygen atoms in total. The van der Waals surface area contributed by atoms with Crippen molar-refractivity contribution in [2.24, 2.45) is 23.7 Å². The molecule has 68 heavy (non-hydrogen) atoms. The van der Waals surface area contributed by atoms with Gasteiger partial charge in [-0.15, -0.1) is 0 Å². The minimum absolute atomic E-state index is 0.00549. The zero-order valence-corrected chi connectivity index (χ0v) is 44.1. The molecule has 0 saturated carbocycles. The van der Waals surface area contributed by atoms with Gasteiger partial charge in [0.2, 0.25) is 0 Å². The third kappa shape index (κ3) is 19.7. The third-order valence-electron chi connectivity index (χ3n) is 11.4. The van der Waals surface area contributed by atoms with E-state index in [9.17, 15) is 33.6 Å². The standard InChI is InChI=1S/C51H78N4O11.C2H6/c1-32(2)26-39(52(10)11)49(60)65-43(30-37-22-18-16-19-23-37)47(58)55(14)41(28-34(5)6)50(61)64-36(9)45(56)53(12)42(29-35(7)8)51(62)66-44(31-38-24-20-17-21-25-38)46(57)54(13)40(27-33(3)4)48(59)63-15;1-2/h16-25,32-36,39-44H,26-31H2,1-15H3;1-2H3. The Morgan fingerprint density at radius 2 is 0.721 bits per heavy atom. The Morgan fingerprint density at radius 3 is 1.04 bits per heavy atom. The number of rotatable bonds is 26. The highest BCUT2D eigenvalue weighted by Crippen LogP contribution is 2.23. The largest absolute Gasteiger partial charge is 0.467 e. The fraction of sp³-hybridized carbons (Fsp3) is 0.642. The highest BCUT2D eigenvalue weighted by molar-refractivity contribution is 5.93.